The van der Waals surface area contributed by atoms with Crippen LogP contribution in [0.3, 0.4) is 0 Å². The largest absolute Gasteiger partial charge is 0.496 e. The van der Waals surface area contributed by atoms with Crippen LogP contribution in [0.15, 0.2) is 30.5 Å². The van der Waals surface area contributed by atoms with Crippen molar-refractivity contribution < 1.29 is 14.3 Å². The normalized spacial score (nSPS) is 21.5. The van der Waals surface area contributed by atoms with Crippen LogP contribution in [0.4, 0.5) is 0 Å². The number of methoxy groups -OCH3 is 1. The quantitative estimate of drug-likeness (QED) is 0.818. The molecule has 2 fully saturated rings. The number of aromatic nitrogens is 1. The molecule has 2 atom stereocenters. The molecule has 2 saturated heterocycles. The van der Waals surface area contributed by atoms with E-state index in [1.54, 1.807) is 13.2 Å². The number of benzene rings is 1. The number of ether oxygens (including phenoxy) is 1. The molecule has 7 heteroatoms. The van der Waals surface area contributed by atoms with Crippen LogP contribution in [0.25, 0.3) is 0 Å². The van der Waals surface area contributed by atoms with E-state index in [4.69, 9.17) is 10.5 Å². The smallest absolute Gasteiger partial charge is 0.267 e. The lowest BCUT2D eigenvalue weighted by Crippen LogP contribution is -2.57. The molecule has 0 bridgehead atoms. The lowest BCUT2D eigenvalue weighted by molar-refractivity contribution is 0.0101. The fourth-order valence-electron chi connectivity index (χ4n) is 5.02. The van der Waals surface area contributed by atoms with E-state index < -0.39 is 5.91 Å². The minimum absolute atomic E-state index is 0.0400. The van der Waals surface area contributed by atoms with E-state index in [9.17, 15) is 9.59 Å². The maximum absolute atomic E-state index is 13.0. The molecule has 1 aromatic heterocycles. The molecule has 1 aromatic carbocycles. The Balaban J connectivity index is 1.50. The molecule has 2 N–H and O–H groups in total. The van der Waals surface area contributed by atoms with Gasteiger partial charge in [-0.1, -0.05) is 6.07 Å². The van der Waals surface area contributed by atoms with Crippen molar-refractivity contribution in [3.63, 3.8) is 0 Å². The molecular weight excluding hydrogens is 392 g/mol. The highest BCUT2D eigenvalue weighted by Gasteiger charge is 2.37. The van der Waals surface area contributed by atoms with Crippen molar-refractivity contribution in [2.45, 2.75) is 45.2 Å². The van der Waals surface area contributed by atoms with E-state index in [0.717, 1.165) is 31.6 Å². The third-order valence-corrected chi connectivity index (χ3v) is 6.85. The summed E-state index contributed by atoms with van der Waals surface area (Å²) in [7, 11) is 1.71. The standard InChI is InChI=1S/C24H30N4O3/c1-15-16(2)22(31-3)10-8-19(15)21-6-4-5-18-14-27(11-12-28(18)21)24(30)17-7-9-20(23(25)29)26-13-17/h7-10,13,18,21H,4-6,11-12,14H2,1-3H3,(H2,25,29)/t18-,21+/m0/s1. The lowest BCUT2D eigenvalue weighted by atomic mass is 9.86. The van der Waals surface area contributed by atoms with Crippen molar-refractivity contribution >= 4 is 11.8 Å². The summed E-state index contributed by atoms with van der Waals surface area (Å²) in [6.07, 6.45) is 4.82. The van der Waals surface area contributed by atoms with Crippen LogP contribution in [-0.4, -0.2) is 59.4 Å². The van der Waals surface area contributed by atoms with Crippen molar-refractivity contribution in [3.8, 4) is 5.75 Å². The summed E-state index contributed by atoms with van der Waals surface area (Å²) < 4.78 is 5.49. The molecule has 0 aliphatic carbocycles. The molecule has 0 saturated carbocycles. The SMILES string of the molecule is COc1ccc([C@H]2CCC[C@H]3CN(C(=O)c4ccc(C(N)=O)nc4)CCN32)c(C)c1C. The van der Waals surface area contributed by atoms with E-state index in [2.05, 4.69) is 35.9 Å². The van der Waals surface area contributed by atoms with E-state index >= 15 is 0 Å². The van der Waals surface area contributed by atoms with Crippen molar-refractivity contribution in [2.24, 2.45) is 5.73 Å². The first-order valence-corrected chi connectivity index (χ1v) is 10.9. The topological polar surface area (TPSA) is 88.8 Å². The second kappa shape index (κ2) is 8.67. The fraction of sp³-hybridized carbons (Fsp3) is 0.458. The average Bonchev–Trinajstić information content (AvgIpc) is 2.79. The number of nitrogens with zero attached hydrogens (tertiary/aromatic N) is 3. The van der Waals surface area contributed by atoms with Gasteiger partial charge in [-0.05, 0) is 68.0 Å². The monoisotopic (exact) mass is 422 g/mol. The molecule has 2 aliphatic heterocycles. The Labute approximate surface area is 183 Å². The van der Waals surface area contributed by atoms with Crippen LogP contribution in [0.1, 0.15) is 62.8 Å². The minimum atomic E-state index is -0.593. The predicted molar refractivity (Wildman–Crippen MR) is 118 cm³/mol. The molecular formula is C24H30N4O3. The van der Waals surface area contributed by atoms with Gasteiger partial charge < -0.3 is 15.4 Å². The second-order valence-electron chi connectivity index (χ2n) is 8.49. The van der Waals surface area contributed by atoms with Gasteiger partial charge in [0, 0.05) is 37.9 Å². The minimum Gasteiger partial charge on any atom is -0.496 e. The van der Waals surface area contributed by atoms with Gasteiger partial charge >= 0.3 is 0 Å². The number of nitrogens with two attached hydrogens (primary N) is 1. The van der Waals surface area contributed by atoms with E-state index in [1.165, 1.54) is 29.0 Å². The summed E-state index contributed by atoms with van der Waals surface area (Å²) in [5.41, 5.74) is 9.77. The first-order chi connectivity index (χ1) is 14.9. The highest BCUT2D eigenvalue weighted by molar-refractivity contribution is 5.95. The summed E-state index contributed by atoms with van der Waals surface area (Å²) in [6, 6.07) is 8.14. The number of carbonyl (C=O) groups excluding carboxylic acids is 2. The zero-order valence-electron chi connectivity index (χ0n) is 18.4. The molecule has 0 spiro atoms. The molecule has 0 unspecified atom stereocenters. The van der Waals surface area contributed by atoms with Gasteiger partial charge in [0.25, 0.3) is 11.8 Å². The maximum atomic E-state index is 13.0. The molecule has 2 amide bonds. The Morgan fingerprint density at radius 1 is 1.10 bits per heavy atom. The van der Waals surface area contributed by atoms with Crippen LogP contribution in [0.5, 0.6) is 5.75 Å². The predicted octanol–water partition coefficient (Wildman–Crippen LogP) is 2.86. The van der Waals surface area contributed by atoms with Gasteiger partial charge in [0.15, 0.2) is 0 Å². The van der Waals surface area contributed by atoms with Gasteiger partial charge in [-0.15, -0.1) is 0 Å². The van der Waals surface area contributed by atoms with Crippen LogP contribution in [0.2, 0.25) is 0 Å². The maximum Gasteiger partial charge on any atom is 0.267 e. The number of piperazine rings is 1. The number of carbonyl (C=O) groups is 2. The highest BCUT2D eigenvalue weighted by atomic mass is 16.5. The van der Waals surface area contributed by atoms with Crippen molar-refractivity contribution in [1.82, 2.24) is 14.8 Å². The highest BCUT2D eigenvalue weighted by Crippen LogP contribution is 2.39. The van der Waals surface area contributed by atoms with Crippen LogP contribution >= 0.6 is 0 Å². The average molecular weight is 423 g/mol. The summed E-state index contributed by atoms with van der Waals surface area (Å²) in [6.45, 7) is 6.53. The van der Waals surface area contributed by atoms with Crippen LogP contribution < -0.4 is 10.5 Å². The molecule has 2 aromatic rings. The van der Waals surface area contributed by atoms with Crippen LogP contribution in [-0.2, 0) is 0 Å². The Morgan fingerprint density at radius 3 is 2.58 bits per heavy atom. The Hall–Kier alpha value is -2.93. The number of rotatable bonds is 4. The third kappa shape index (κ3) is 4.02. The summed E-state index contributed by atoms with van der Waals surface area (Å²) in [5, 5.41) is 0. The van der Waals surface area contributed by atoms with Crippen molar-refractivity contribution in [1.29, 1.82) is 0 Å². The lowest BCUT2D eigenvalue weighted by Gasteiger charge is -2.48. The molecule has 31 heavy (non-hydrogen) atoms. The first kappa shape index (κ1) is 21.3. The molecule has 4 rings (SSSR count). The fourth-order valence-corrected chi connectivity index (χ4v) is 5.02. The number of piperidine rings is 1. The zero-order valence-corrected chi connectivity index (χ0v) is 18.4. The van der Waals surface area contributed by atoms with Gasteiger partial charge in [-0.3, -0.25) is 19.5 Å². The third-order valence-electron chi connectivity index (χ3n) is 6.85. The number of hydrogen-bond donors (Lipinski definition) is 1. The molecule has 0 radical (unpaired) electrons. The first-order valence-electron chi connectivity index (χ1n) is 10.9. The van der Waals surface area contributed by atoms with E-state index in [0.29, 0.717) is 30.7 Å². The van der Waals surface area contributed by atoms with Gasteiger partial charge in [0.2, 0.25) is 0 Å². The summed E-state index contributed by atoms with van der Waals surface area (Å²) in [4.78, 5) is 32.7. The Morgan fingerprint density at radius 2 is 1.90 bits per heavy atom. The molecule has 164 valence electrons. The van der Waals surface area contributed by atoms with Gasteiger partial charge in [0.05, 0.1) is 12.7 Å². The number of fused-ring (bicyclic) bond motifs is 1. The summed E-state index contributed by atoms with van der Waals surface area (Å²) in [5.74, 6) is 0.298. The molecule has 2 aliphatic rings. The summed E-state index contributed by atoms with van der Waals surface area (Å²) >= 11 is 0. The Bertz CT molecular complexity index is 989. The van der Waals surface area contributed by atoms with Crippen LogP contribution in [0, 0.1) is 13.8 Å². The zero-order chi connectivity index (χ0) is 22.1. The molecule has 7 nitrogen and oxygen atoms in total. The second-order valence-corrected chi connectivity index (χ2v) is 8.49. The van der Waals surface area contributed by atoms with Crippen molar-refractivity contribution in [3.05, 3.63) is 58.4 Å². The number of amides is 2. The molecule has 3 heterocycles. The van der Waals surface area contributed by atoms with E-state index in [1.807, 2.05) is 4.90 Å². The van der Waals surface area contributed by atoms with Gasteiger partial charge in [0.1, 0.15) is 11.4 Å². The van der Waals surface area contributed by atoms with E-state index in [-0.39, 0.29) is 11.6 Å². The van der Waals surface area contributed by atoms with Crippen molar-refractivity contribution in [2.75, 3.05) is 26.7 Å². The number of pyridine rings is 1. The van der Waals surface area contributed by atoms with Gasteiger partial charge in [-0.25, -0.2) is 0 Å². The Kier molecular flexibility index (Phi) is 5.96. The number of primary amides is 1. The number of hydrogen-bond acceptors (Lipinski definition) is 5. The van der Waals surface area contributed by atoms with Gasteiger partial charge in [-0.2, -0.15) is 0 Å².